The first-order valence-corrected chi connectivity index (χ1v) is 7.90. The molecule has 126 valence electrons. The lowest BCUT2D eigenvalue weighted by Gasteiger charge is -2.07. The van der Waals surface area contributed by atoms with Crippen LogP contribution >= 0.6 is 11.6 Å². The lowest BCUT2D eigenvalue weighted by molar-refractivity contribution is 0.527. The smallest absolute Gasteiger partial charge is 0.406 e. The van der Waals surface area contributed by atoms with Crippen molar-refractivity contribution in [2.45, 2.75) is 6.54 Å². The Hall–Kier alpha value is -3.06. The first kappa shape index (κ1) is 15.5. The molecule has 0 aliphatic rings. The molecule has 4 rings (SSSR count). The maximum atomic E-state index is 12.2. The molecule has 0 spiro atoms. The number of rotatable bonds is 3. The minimum atomic E-state index is -0.447. The molecule has 0 aliphatic heterocycles. The average molecular weight is 357 g/mol. The number of aryl methyl sites for hydroxylation is 1. The number of fused-ring (bicyclic) bond motifs is 2. The molecular weight excluding hydrogens is 344 g/mol. The van der Waals surface area contributed by atoms with Gasteiger partial charge in [0.2, 0.25) is 0 Å². The summed E-state index contributed by atoms with van der Waals surface area (Å²) in [4.78, 5) is 30.7. The number of aromatic amines is 1. The number of aromatic nitrogens is 3. The second kappa shape index (κ2) is 5.78. The number of nitrogens with one attached hydrogen (secondary N) is 2. The van der Waals surface area contributed by atoms with Gasteiger partial charge in [-0.15, -0.1) is 0 Å². The van der Waals surface area contributed by atoms with E-state index in [1.165, 1.54) is 10.8 Å². The maximum Gasteiger partial charge on any atom is 0.419 e. The van der Waals surface area contributed by atoms with Crippen LogP contribution in [0.5, 0.6) is 0 Å². The summed E-state index contributed by atoms with van der Waals surface area (Å²) in [6, 6.07) is 8.78. The van der Waals surface area contributed by atoms with Crippen LogP contribution in [-0.4, -0.2) is 14.5 Å². The molecule has 0 amide bonds. The molecule has 0 fully saturated rings. The van der Waals surface area contributed by atoms with Gasteiger partial charge in [0.1, 0.15) is 5.82 Å². The Kier molecular flexibility index (Phi) is 3.58. The first-order chi connectivity index (χ1) is 12.0. The van der Waals surface area contributed by atoms with Gasteiger partial charge in [0.15, 0.2) is 5.58 Å². The molecule has 3 heterocycles. The van der Waals surface area contributed by atoms with Gasteiger partial charge in [0.25, 0.3) is 5.56 Å². The first-order valence-electron chi connectivity index (χ1n) is 7.52. The highest BCUT2D eigenvalue weighted by Crippen LogP contribution is 2.18. The molecule has 1 aromatic carbocycles. The van der Waals surface area contributed by atoms with Crippen molar-refractivity contribution in [3.05, 3.63) is 68.0 Å². The Morgan fingerprint density at radius 3 is 2.96 bits per heavy atom. The van der Waals surface area contributed by atoms with Crippen LogP contribution in [0.4, 0.5) is 5.82 Å². The Morgan fingerprint density at radius 2 is 2.12 bits per heavy atom. The molecule has 3 aromatic heterocycles. The molecule has 0 aliphatic carbocycles. The molecule has 8 heteroatoms. The zero-order chi connectivity index (χ0) is 17.6. The summed E-state index contributed by atoms with van der Waals surface area (Å²) in [5.41, 5.74) is 2.14. The van der Waals surface area contributed by atoms with Crippen LogP contribution in [0.1, 0.15) is 5.56 Å². The lowest BCUT2D eigenvalue weighted by Crippen LogP contribution is -2.16. The van der Waals surface area contributed by atoms with Gasteiger partial charge in [-0.3, -0.25) is 9.36 Å². The van der Waals surface area contributed by atoms with Gasteiger partial charge in [0.05, 0.1) is 11.7 Å². The second-order valence-corrected chi connectivity index (χ2v) is 6.11. The van der Waals surface area contributed by atoms with Crippen molar-refractivity contribution in [2.24, 2.45) is 7.05 Å². The molecule has 0 unspecified atom stereocenters. The Bertz CT molecular complexity index is 1220. The lowest BCUT2D eigenvalue weighted by atomic mass is 10.1. The van der Waals surface area contributed by atoms with Crippen LogP contribution in [0.15, 0.2) is 50.5 Å². The minimum Gasteiger partial charge on any atom is -0.406 e. The molecular formula is C17H13ClN4O3. The van der Waals surface area contributed by atoms with Crippen LogP contribution < -0.4 is 16.6 Å². The number of pyridine rings is 2. The standard InChI is InChI=1S/C17H13ClN4O3/c1-22-13-6-15(20-8-14(13)25-17(22)24)19-7-10-4-9-5-11(18)2-3-12(9)21-16(10)23/h2-6,8H,7H2,1H3,(H,19,20)(H,21,23). The monoisotopic (exact) mass is 356 g/mol. The van der Waals surface area contributed by atoms with Crippen molar-refractivity contribution in [1.29, 1.82) is 0 Å². The molecule has 0 saturated carbocycles. The van der Waals surface area contributed by atoms with Gasteiger partial charge in [-0.1, -0.05) is 11.6 Å². The number of hydrogen-bond donors (Lipinski definition) is 2. The SMILES string of the molecule is Cn1c(=O)oc2cnc(NCc3cc4cc(Cl)ccc4[nH]c3=O)cc21. The van der Waals surface area contributed by atoms with E-state index in [1.54, 1.807) is 37.4 Å². The Balaban J connectivity index is 1.65. The van der Waals surface area contributed by atoms with Crippen LogP contribution in [0.2, 0.25) is 5.02 Å². The van der Waals surface area contributed by atoms with Crippen molar-refractivity contribution >= 4 is 39.4 Å². The molecule has 0 saturated heterocycles. The summed E-state index contributed by atoms with van der Waals surface area (Å²) in [5, 5.41) is 4.54. The molecule has 25 heavy (non-hydrogen) atoms. The highest BCUT2D eigenvalue weighted by Gasteiger charge is 2.08. The normalized spacial score (nSPS) is 11.3. The highest BCUT2D eigenvalue weighted by molar-refractivity contribution is 6.31. The average Bonchev–Trinajstić information content (AvgIpc) is 2.87. The largest absolute Gasteiger partial charge is 0.419 e. The predicted octanol–water partition coefficient (Wildman–Crippen LogP) is 2.63. The fraction of sp³-hybridized carbons (Fsp3) is 0.118. The molecule has 4 aromatic rings. The van der Waals surface area contributed by atoms with Crippen molar-refractivity contribution < 1.29 is 4.42 Å². The predicted molar refractivity (Wildman–Crippen MR) is 96.2 cm³/mol. The van der Waals surface area contributed by atoms with Crippen molar-refractivity contribution in [1.82, 2.24) is 14.5 Å². The molecule has 0 bridgehead atoms. The van der Waals surface area contributed by atoms with E-state index in [4.69, 9.17) is 16.0 Å². The van der Waals surface area contributed by atoms with Crippen LogP contribution in [-0.2, 0) is 13.6 Å². The highest BCUT2D eigenvalue weighted by atomic mass is 35.5. The van der Waals surface area contributed by atoms with Gasteiger partial charge in [-0.2, -0.15) is 0 Å². The summed E-state index contributed by atoms with van der Waals surface area (Å²) >= 11 is 6.00. The Labute approximate surface area is 145 Å². The minimum absolute atomic E-state index is 0.181. The fourth-order valence-electron chi connectivity index (χ4n) is 2.67. The summed E-state index contributed by atoms with van der Waals surface area (Å²) in [6.07, 6.45) is 1.48. The molecule has 0 radical (unpaired) electrons. The van der Waals surface area contributed by atoms with Crippen LogP contribution in [0.25, 0.3) is 22.0 Å². The van der Waals surface area contributed by atoms with E-state index in [0.29, 0.717) is 27.5 Å². The van der Waals surface area contributed by atoms with E-state index in [-0.39, 0.29) is 12.1 Å². The number of benzene rings is 1. The van der Waals surface area contributed by atoms with E-state index in [9.17, 15) is 9.59 Å². The number of halogens is 1. The van der Waals surface area contributed by atoms with Crippen molar-refractivity contribution in [2.75, 3.05) is 5.32 Å². The van der Waals surface area contributed by atoms with E-state index < -0.39 is 5.76 Å². The van der Waals surface area contributed by atoms with Gasteiger partial charge < -0.3 is 14.7 Å². The number of oxazole rings is 1. The van der Waals surface area contributed by atoms with E-state index >= 15 is 0 Å². The van der Waals surface area contributed by atoms with Crippen molar-refractivity contribution in [3.8, 4) is 0 Å². The number of nitrogens with zero attached hydrogens (tertiary/aromatic N) is 2. The molecule has 7 nitrogen and oxygen atoms in total. The molecule has 0 atom stereocenters. The van der Waals surface area contributed by atoms with Gasteiger partial charge in [-0.05, 0) is 24.3 Å². The Morgan fingerprint density at radius 1 is 1.28 bits per heavy atom. The summed E-state index contributed by atoms with van der Waals surface area (Å²) < 4.78 is 6.44. The fourth-order valence-corrected chi connectivity index (χ4v) is 2.85. The quantitative estimate of drug-likeness (QED) is 0.588. The van der Waals surface area contributed by atoms with Gasteiger partial charge in [0, 0.05) is 41.1 Å². The van der Waals surface area contributed by atoms with Gasteiger partial charge in [-0.25, -0.2) is 9.78 Å². The summed E-state index contributed by atoms with van der Waals surface area (Å²) in [7, 11) is 1.62. The second-order valence-electron chi connectivity index (χ2n) is 5.67. The maximum absolute atomic E-state index is 12.2. The van der Waals surface area contributed by atoms with Crippen LogP contribution in [0.3, 0.4) is 0 Å². The van der Waals surface area contributed by atoms with E-state index in [2.05, 4.69) is 15.3 Å². The number of H-pyrrole nitrogens is 1. The third-order valence-electron chi connectivity index (χ3n) is 4.02. The number of hydrogen-bond acceptors (Lipinski definition) is 5. The third-order valence-corrected chi connectivity index (χ3v) is 4.26. The van der Waals surface area contributed by atoms with Crippen molar-refractivity contribution in [3.63, 3.8) is 0 Å². The van der Waals surface area contributed by atoms with E-state index in [0.717, 1.165) is 10.9 Å². The van der Waals surface area contributed by atoms with Gasteiger partial charge >= 0.3 is 5.76 Å². The molecule has 2 N–H and O–H groups in total. The third kappa shape index (κ3) is 2.78. The van der Waals surface area contributed by atoms with Crippen LogP contribution in [0, 0.1) is 0 Å². The summed E-state index contributed by atoms with van der Waals surface area (Å²) in [6.45, 7) is 0.280. The van der Waals surface area contributed by atoms with E-state index in [1.807, 2.05) is 0 Å². The number of anilines is 1. The zero-order valence-electron chi connectivity index (χ0n) is 13.2. The topological polar surface area (TPSA) is 92.9 Å². The zero-order valence-corrected chi connectivity index (χ0v) is 13.9. The summed E-state index contributed by atoms with van der Waals surface area (Å²) in [5.74, 6) is 0.0892.